The number of benzene rings is 2. The van der Waals surface area contributed by atoms with E-state index in [0.29, 0.717) is 37.3 Å². The lowest BCUT2D eigenvalue weighted by Crippen LogP contribution is -2.36. The molecule has 3 aromatic rings. The van der Waals surface area contributed by atoms with E-state index in [1.807, 2.05) is 56.3 Å². The van der Waals surface area contributed by atoms with Gasteiger partial charge in [-0.3, -0.25) is 0 Å². The topological polar surface area (TPSA) is 80.9 Å². The number of aliphatic imine (C=N–C) groups is 1. The molecule has 2 aromatic carbocycles. The van der Waals surface area contributed by atoms with E-state index in [4.69, 9.17) is 13.9 Å². The lowest BCUT2D eigenvalue weighted by atomic mass is 10.1. The molecule has 0 aliphatic heterocycles. The molecule has 1 heterocycles. The Balaban J connectivity index is 1.63. The second kappa shape index (κ2) is 11.1. The van der Waals surface area contributed by atoms with Crippen molar-refractivity contribution in [3.05, 3.63) is 65.5 Å². The third-order valence-electron chi connectivity index (χ3n) is 4.58. The average Bonchev–Trinajstić information content (AvgIpc) is 3.26. The fourth-order valence-electron chi connectivity index (χ4n) is 2.99. The molecule has 0 spiro atoms. The number of guanidine groups is 1. The summed E-state index contributed by atoms with van der Waals surface area (Å²) in [5.74, 6) is 2.76. The molecule has 0 amide bonds. The Labute approximate surface area is 183 Å². The number of rotatable bonds is 9. The predicted molar refractivity (Wildman–Crippen MR) is 122 cm³/mol. The van der Waals surface area contributed by atoms with Crippen molar-refractivity contribution >= 4 is 5.96 Å². The Bertz CT molecular complexity index is 996. The minimum atomic E-state index is 0.505. The minimum Gasteiger partial charge on any atom is -0.493 e. The molecule has 2 N–H and O–H groups in total. The van der Waals surface area contributed by atoms with Gasteiger partial charge in [0, 0.05) is 12.1 Å². The number of nitrogens with one attached hydrogen (secondary N) is 2. The summed E-state index contributed by atoms with van der Waals surface area (Å²) in [5.41, 5.74) is 4.00. The highest BCUT2D eigenvalue weighted by atomic mass is 16.5. The van der Waals surface area contributed by atoms with Gasteiger partial charge in [0.15, 0.2) is 17.5 Å². The summed E-state index contributed by atoms with van der Waals surface area (Å²) in [4.78, 5) is 9.23. The highest BCUT2D eigenvalue weighted by Crippen LogP contribution is 2.28. The maximum atomic E-state index is 5.63. The maximum Gasteiger partial charge on any atom is 0.226 e. The van der Waals surface area contributed by atoms with Crippen LogP contribution < -0.4 is 20.1 Å². The first kappa shape index (κ1) is 22.2. The standard InChI is InChI=1S/C24H30N4O3/c1-5-25-24(26-14-18-9-12-21(30-6-2)22(13-18)29-4)27-15-20-16-31-23(28-20)19-10-7-17(3)8-11-19/h7-13,16H,5-6,14-15H2,1-4H3,(H2,25,26,27). The first-order valence-corrected chi connectivity index (χ1v) is 10.5. The number of oxazole rings is 1. The Hall–Kier alpha value is -3.48. The number of methoxy groups -OCH3 is 1. The van der Waals surface area contributed by atoms with E-state index in [2.05, 4.69) is 27.5 Å². The lowest BCUT2D eigenvalue weighted by Gasteiger charge is -2.12. The van der Waals surface area contributed by atoms with Crippen LogP contribution in [0.3, 0.4) is 0 Å². The first-order chi connectivity index (χ1) is 15.1. The van der Waals surface area contributed by atoms with Crippen LogP contribution in [-0.4, -0.2) is 31.2 Å². The molecule has 7 heteroatoms. The summed E-state index contributed by atoms with van der Waals surface area (Å²) in [6.45, 7) is 8.40. The highest BCUT2D eigenvalue weighted by Gasteiger charge is 2.08. The van der Waals surface area contributed by atoms with E-state index in [1.54, 1.807) is 13.4 Å². The molecule has 0 fully saturated rings. The van der Waals surface area contributed by atoms with Crippen molar-refractivity contribution in [1.29, 1.82) is 0 Å². The van der Waals surface area contributed by atoms with Crippen LogP contribution in [0.25, 0.3) is 11.5 Å². The molecule has 0 saturated carbocycles. The first-order valence-electron chi connectivity index (χ1n) is 10.5. The predicted octanol–water partition coefficient (Wildman–Crippen LogP) is 4.31. The summed E-state index contributed by atoms with van der Waals surface area (Å²) in [6.07, 6.45) is 1.67. The summed E-state index contributed by atoms with van der Waals surface area (Å²) in [7, 11) is 1.64. The molecule has 3 rings (SSSR count). The number of hydrogen-bond acceptors (Lipinski definition) is 5. The van der Waals surface area contributed by atoms with E-state index in [-0.39, 0.29) is 0 Å². The highest BCUT2D eigenvalue weighted by molar-refractivity contribution is 5.79. The van der Waals surface area contributed by atoms with Crippen molar-refractivity contribution < 1.29 is 13.9 Å². The molecular weight excluding hydrogens is 392 g/mol. The molecule has 7 nitrogen and oxygen atoms in total. The van der Waals surface area contributed by atoms with Crippen LogP contribution in [0, 0.1) is 6.92 Å². The van der Waals surface area contributed by atoms with Crippen LogP contribution in [0.4, 0.5) is 0 Å². The summed E-state index contributed by atoms with van der Waals surface area (Å²) >= 11 is 0. The van der Waals surface area contributed by atoms with Gasteiger partial charge in [-0.1, -0.05) is 23.8 Å². The monoisotopic (exact) mass is 422 g/mol. The lowest BCUT2D eigenvalue weighted by molar-refractivity contribution is 0.310. The molecule has 164 valence electrons. The van der Waals surface area contributed by atoms with Gasteiger partial charge in [0.2, 0.25) is 5.89 Å². The number of ether oxygens (including phenoxy) is 2. The molecule has 31 heavy (non-hydrogen) atoms. The largest absolute Gasteiger partial charge is 0.493 e. The van der Waals surface area contributed by atoms with Crippen LogP contribution in [-0.2, 0) is 13.1 Å². The van der Waals surface area contributed by atoms with Crippen molar-refractivity contribution in [2.24, 2.45) is 4.99 Å². The SMILES string of the molecule is CCNC(=NCc1ccc(OCC)c(OC)c1)NCc1coc(-c2ccc(C)cc2)n1. The number of hydrogen-bond donors (Lipinski definition) is 2. The number of aryl methyl sites for hydroxylation is 1. The van der Waals surface area contributed by atoms with Crippen LogP contribution >= 0.6 is 0 Å². The van der Waals surface area contributed by atoms with Crippen molar-refractivity contribution in [3.8, 4) is 23.0 Å². The van der Waals surface area contributed by atoms with Gasteiger partial charge in [0.1, 0.15) is 6.26 Å². The van der Waals surface area contributed by atoms with Crippen LogP contribution in [0.15, 0.2) is 58.1 Å². The number of nitrogens with zero attached hydrogens (tertiary/aromatic N) is 2. The molecule has 0 aliphatic rings. The quantitative estimate of drug-likeness (QED) is 0.395. The summed E-state index contributed by atoms with van der Waals surface area (Å²) in [5, 5.41) is 6.55. The summed E-state index contributed by atoms with van der Waals surface area (Å²) < 4.78 is 16.6. The third-order valence-corrected chi connectivity index (χ3v) is 4.58. The zero-order valence-corrected chi connectivity index (χ0v) is 18.6. The van der Waals surface area contributed by atoms with Crippen molar-refractivity contribution in [2.75, 3.05) is 20.3 Å². The Kier molecular flexibility index (Phi) is 7.92. The molecule has 0 aliphatic carbocycles. The van der Waals surface area contributed by atoms with E-state index >= 15 is 0 Å². The zero-order chi connectivity index (χ0) is 22.1. The van der Waals surface area contributed by atoms with Crippen molar-refractivity contribution in [2.45, 2.75) is 33.9 Å². The van der Waals surface area contributed by atoms with Crippen LogP contribution in [0.5, 0.6) is 11.5 Å². The fourth-order valence-corrected chi connectivity index (χ4v) is 2.99. The second-order valence-corrected chi connectivity index (χ2v) is 6.98. The van der Waals surface area contributed by atoms with Gasteiger partial charge in [-0.25, -0.2) is 9.98 Å². The molecule has 0 radical (unpaired) electrons. The van der Waals surface area contributed by atoms with E-state index in [1.165, 1.54) is 5.56 Å². The van der Waals surface area contributed by atoms with E-state index in [9.17, 15) is 0 Å². The molecule has 0 atom stereocenters. The van der Waals surface area contributed by atoms with Gasteiger partial charge in [0.05, 0.1) is 32.5 Å². The molecule has 0 bridgehead atoms. The van der Waals surface area contributed by atoms with Gasteiger partial charge in [-0.15, -0.1) is 0 Å². The Morgan fingerprint density at radius 3 is 2.58 bits per heavy atom. The third kappa shape index (κ3) is 6.25. The Morgan fingerprint density at radius 1 is 1.06 bits per heavy atom. The smallest absolute Gasteiger partial charge is 0.226 e. The van der Waals surface area contributed by atoms with Gasteiger partial charge in [0.25, 0.3) is 0 Å². The van der Waals surface area contributed by atoms with Crippen molar-refractivity contribution in [1.82, 2.24) is 15.6 Å². The average molecular weight is 423 g/mol. The van der Waals surface area contributed by atoms with E-state index in [0.717, 1.165) is 29.1 Å². The van der Waals surface area contributed by atoms with Crippen molar-refractivity contribution in [3.63, 3.8) is 0 Å². The van der Waals surface area contributed by atoms with E-state index < -0.39 is 0 Å². The van der Waals surface area contributed by atoms with Gasteiger partial charge >= 0.3 is 0 Å². The molecule has 1 aromatic heterocycles. The minimum absolute atomic E-state index is 0.505. The van der Waals surface area contributed by atoms with Crippen LogP contribution in [0.2, 0.25) is 0 Å². The van der Waals surface area contributed by atoms with Gasteiger partial charge in [-0.05, 0) is 50.6 Å². The molecular formula is C24H30N4O3. The maximum absolute atomic E-state index is 5.63. The number of aromatic nitrogens is 1. The Morgan fingerprint density at radius 2 is 1.87 bits per heavy atom. The zero-order valence-electron chi connectivity index (χ0n) is 18.6. The molecule has 0 saturated heterocycles. The van der Waals surface area contributed by atoms with Gasteiger partial charge < -0.3 is 24.5 Å². The fraction of sp³-hybridized carbons (Fsp3) is 0.333. The van der Waals surface area contributed by atoms with Gasteiger partial charge in [-0.2, -0.15) is 0 Å². The normalized spacial score (nSPS) is 11.3. The summed E-state index contributed by atoms with van der Waals surface area (Å²) in [6, 6.07) is 14.0. The van der Waals surface area contributed by atoms with Crippen LogP contribution in [0.1, 0.15) is 30.7 Å². The second-order valence-electron chi connectivity index (χ2n) is 6.98. The molecule has 0 unspecified atom stereocenters.